The van der Waals surface area contributed by atoms with Crippen LogP contribution in [0.25, 0.3) is 11.0 Å². The van der Waals surface area contributed by atoms with Gasteiger partial charge in [0.05, 0.1) is 0 Å². The number of anilines is 1. The van der Waals surface area contributed by atoms with Crippen LogP contribution in [0.4, 0.5) is 5.82 Å². The van der Waals surface area contributed by atoms with Gasteiger partial charge in [-0.05, 0) is 55.3 Å². The van der Waals surface area contributed by atoms with Gasteiger partial charge in [-0.2, -0.15) is 0 Å². The summed E-state index contributed by atoms with van der Waals surface area (Å²) < 4.78 is 0. The molecular weight excluding hydrogens is 260 g/mol. The number of hydrogen-bond donors (Lipinski definition) is 0. The lowest BCUT2D eigenvalue weighted by atomic mass is 10.1. The molecule has 0 radical (unpaired) electrons. The molecule has 0 unspecified atom stereocenters. The molecule has 0 saturated carbocycles. The first kappa shape index (κ1) is 13.5. The Bertz CT molecular complexity index is 768. The Balaban J connectivity index is 1.93. The van der Waals surface area contributed by atoms with Gasteiger partial charge in [0.1, 0.15) is 5.82 Å². The number of hydrogen-bond acceptors (Lipinski definition) is 4. The minimum absolute atomic E-state index is 0.797. The molecule has 0 fully saturated rings. The second-order valence-electron chi connectivity index (χ2n) is 5.33. The number of aryl methyl sites for hydroxylation is 2. The fraction of sp³-hybridized carbons (Fsp3) is 0.235. The van der Waals surface area contributed by atoms with Crippen LogP contribution in [-0.4, -0.2) is 22.0 Å². The molecule has 21 heavy (non-hydrogen) atoms. The van der Waals surface area contributed by atoms with E-state index in [1.807, 2.05) is 44.6 Å². The number of pyridine rings is 3. The molecule has 0 aromatic carbocycles. The summed E-state index contributed by atoms with van der Waals surface area (Å²) >= 11 is 0. The lowest BCUT2D eigenvalue weighted by molar-refractivity contribution is 0.897. The van der Waals surface area contributed by atoms with Crippen molar-refractivity contribution in [3.05, 3.63) is 59.5 Å². The summed E-state index contributed by atoms with van der Waals surface area (Å²) in [5.74, 6) is 0.928. The van der Waals surface area contributed by atoms with Crippen LogP contribution in [0.15, 0.2) is 42.7 Å². The van der Waals surface area contributed by atoms with E-state index in [1.165, 1.54) is 11.1 Å². The van der Waals surface area contributed by atoms with Crippen molar-refractivity contribution in [3.8, 4) is 0 Å². The van der Waals surface area contributed by atoms with Gasteiger partial charge in [0, 0.05) is 37.1 Å². The van der Waals surface area contributed by atoms with Crippen LogP contribution in [0.1, 0.15) is 16.8 Å². The van der Waals surface area contributed by atoms with Crippen molar-refractivity contribution in [2.75, 3.05) is 11.9 Å². The minimum atomic E-state index is 0.797. The maximum Gasteiger partial charge on any atom is 0.162 e. The summed E-state index contributed by atoms with van der Waals surface area (Å²) in [6, 6.07) is 10.3. The van der Waals surface area contributed by atoms with E-state index in [1.54, 1.807) is 0 Å². The summed E-state index contributed by atoms with van der Waals surface area (Å²) in [6.45, 7) is 4.90. The molecular formula is C17H18N4. The van der Waals surface area contributed by atoms with Gasteiger partial charge in [-0.3, -0.25) is 4.98 Å². The molecule has 0 N–H and O–H groups in total. The van der Waals surface area contributed by atoms with Crippen molar-refractivity contribution in [2.45, 2.75) is 20.4 Å². The third-order valence-electron chi connectivity index (χ3n) is 3.55. The second-order valence-corrected chi connectivity index (χ2v) is 5.33. The predicted octanol–water partition coefficient (Wildman–Crippen LogP) is 3.28. The first-order chi connectivity index (χ1) is 10.1. The van der Waals surface area contributed by atoms with Crippen molar-refractivity contribution in [2.24, 2.45) is 0 Å². The van der Waals surface area contributed by atoms with Crippen molar-refractivity contribution < 1.29 is 0 Å². The molecule has 0 saturated heterocycles. The zero-order chi connectivity index (χ0) is 14.8. The molecule has 0 spiro atoms. The zero-order valence-corrected chi connectivity index (χ0v) is 12.5. The van der Waals surface area contributed by atoms with E-state index in [0.717, 1.165) is 29.1 Å². The van der Waals surface area contributed by atoms with E-state index >= 15 is 0 Å². The highest BCUT2D eigenvalue weighted by molar-refractivity contribution is 5.80. The Labute approximate surface area is 124 Å². The Morgan fingerprint density at radius 1 is 1.00 bits per heavy atom. The Kier molecular flexibility index (Phi) is 3.52. The Hall–Kier alpha value is -2.49. The SMILES string of the molecule is Cc1cc(C)c2ccc(N(C)Cc3ccncc3)nc2n1. The summed E-state index contributed by atoms with van der Waals surface area (Å²) in [5.41, 5.74) is 4.24. The average Bonchev–Trinajstić information content (AvgIpc) is 2.47. The molecule has 3 aromatic rings. The van der Waals surface area contributed by atoms with Crippen LogP contribution in [0.2, 0.25) is 0 Å². The van der Waals surface area contributed by atoms with Gasteiger partial charge in [-0.1, -0.05) is 0 Å². The van der Waals surface area contributed by atoms with E-state index in [-0.39, 0.29) is 0 Å². The molecule has 0 aliphatic rings. The monoisotopic (exact) mass is 278 g/mol. The summed E-state index contributed by atoms with van der Waals surface area (Å²) in [7, 11) is 2.04. The Morgan fingerprint density at radius 3 is 2.52 bits per heavy atom. The zero-order valence-electron chi connectivity index (χ0n) is 12.5. The fourth-order valence-corrected chi connectivity index (χ4v) is 2.48. The van der Waals surface area contributed by atoms with E-state index in [2.05, 4.69) is 33.9 Å². The van der Waals surface area contributed by atoms with Gasteiger partial charge in [0.25, 0.3) is 0 Å². The highest BCUT2D eigenvalue weighted by Crippen LogP contribution is 2.20. The molecule has 0 aliphatic carbocycles. The normalized spacial score (nSPS) is 10.8. The number of nitrogens with zero attached hydrogens (tertiary/aromatic N) is 4. The summed E-state index contributed by atoms with van der Waals surface area (Å²) in [6.07, 6.45) is 3.62. The predicted molar refractivity (Wildman–Crippen MR) is 85.4 cm³/mol. The molecule has 3 rings (SSSR count). The molecule has 106 valence electrons. The van der Waals surface area contributed by atoms with E-state index in [9.17, 15) is 0 Å². The summed E-state index contributed by atoms with van der Waals surface area (Å²) in [4.78, 5) is 15.4. The topological polar surface area (TPSA) is 41.9 Å². The highest BCUT2D eigenvalue weighted by atomic mass is 15.2. The standard InChI is InChI=1S/C17H18N4/c1-12-10-13(2)19-17-15(12)4-5-16(20-17)21(3)11-14-6-8-18-9-7-14/h4-10H,11H2,1-3H3. The van der Waals surface area contributed by atoms with Gasteiger partial charge in [-0.15, -0.1) is 0 Å². The molecule has 0 atom stereocenters. The first-order valence-electron chi connectivity index (χ1n) is 6.98. The molecule has 4 nitrogen and oxygen atoms in total. The highest BCUT2D eigenvalue weighted by Gasteiger charge is 2.07. The quantitative estimate of drug-likeness (QED) is 0.737. The third kappa shape index (κ3) is 2.84. The molecule has 4 heteroatoms. The maximum atomic E-state index is 4.69. The number of rotatable bonds is 3. The third-order valence-corrected chi connectivity index (χ3v) is 3.55. The van der Waals surface area contributed by atoms with E-state index in [4.69, 9.17) is 4.98 Å². The van der Waals surface area contributed by atoms with E-state index in [0.29, 0.717) is 0 Å². The van der Waals surface area contributed by atoms with Crippen LogP contribution in [0.3, 0.4) is 0 Å². The average molecular weight is 278 g/mol. The smallest absolute Gasteiger partial charge is 0.162 e. The van der Waals surface area contributed by atoms with E-state index < -0.39 is 0 Å². The molecule has 0 aliphatic heterocycles. The lowest BCUT2D eigenvalue weighted by Gasteiger charge is -2.18. The second kappa shape index (κ2) is 5.48. The van der Waals surface area contributed by atoms with Crippen LogP contribution >= 0.6 is 0 Å². The van der Waals surface area contributed by atoms with Crippen LogP contribution in [0.5, 0.6) is 0 Å². The van der Waals surface area contributed by atoms with Crippen LogP contribution in [0, 0.1) is 13.8 Å². The molecule has 0 amide bonds. The largest absolute Gasteiger partial charge is 0.355 e. The summed E-state index contributed by atoms with van der Waals surface area (Å²) in [5, 5.41) is 1.11. The van der Waals surface area contributed by atoms with Crippen LogP contribution < -0.4 is 4.90 Å². The van der Waals surface area contributed by atoms with Crippen molar-refractivity contribution in [1.82, 2.24) is 15.0 Å². The number of aromatic nitrogens is 3. The molecule has 3 aromatic heterocycles. The van der Waals surface area contributed by atoms with Gasteiger partial charge in [0.15, 0.2) is 5.65 Å². The molecule has 3 heterocycles. The lowest BCUT2D eigenvalue weighted by Crippen LogP contribution is -2.17. The molecule has 0 bridgehead atoms. The number of fused-ring (bicyclic) bond motifs is 1. The van der Waals surface area contributed by atoms with Crippen molar-refractivity contribution in [1.29, 1.82) is 0 Å². The van der Waals surface area contributed by atoms with Gasteiger partial charge in [-0.25, -0.2) is 9.97 Å². The van der Waals surface area contributed by atoms with Gasteiger partial charge < -0.3 is 4.90 Å². The van der Waals surface area contributed by atoms with Gasteiger partial charge in [0.2, 0.25) is 0 Å². The van der Waals surface area contributed by atoms with Gasteiger partial charge >= 0.3 is 0 Å². The first-order valence-corrected chi connectivity index (χ1v) is 6.98. The van der Waals surface area contributed by atoms with Crippen molar-refractivity contribution in [3.63, 3.8) is 0 Å². The van der Waals surface area contributed by atoms with Crippen molar-refractivity contribution >= 4 is 16.9 Å². The maximum absolute atomic E-state index is 4.69. The van der Waals surface area contributed by atoms with Crippen LogP contribution in [-0.2, 0) is 6.54 Å². The fourth-order valence-electron chi connectivity index (χ4n) is 2.48. The minimum Gasteiger partial charge on any atom is -0.355 e. The Morgan fingerprint density at radius 2 is 1.76 bits per heavy atom.